The van der Waals surface area contributed by atoms with Crippen molar-refractivity contribution in [2.24, 2.45) is 0 Å². The fraction of sp³-hybridized carbons (Fsp3) is 0.350. The van der Waals surface area contributed by atoms with Gasteiger partial charge in [-0.25, -0.2) is 8.42 Å². The number of carbonyl (C=O) groups excluding carboxylic acids is 1. The Morgan fingerprint density at radius 3 is 2.61 bits per heavy atom. The molecule has 1 unspecified atom stereocenters. The average Bonchev–Trinajstić information content (AvgIpc) is 3.08. The molecule has 3 rings (SSSR count). The van der Waals surface area contributed by atoms with Gasteiger partial charge in [0.1, 0.15) is 11.8 Å². The number of anilines is 2. The molecule has 1 atom stereocenters. The maximum atomic E-state index is 13.4. The van der Waals surface area contributed by atoms with Crippen LogP contribution >= 0.6 is 11.6 Å². The predicted molar refractivity (Wildman–Crippen MR) is 112 cm³/mol. The molecule has 2 aromatic rings. The number of hydrogen-bond donors (Lipinski definition) is 0. The highest BCUT2D eigenvalue weighted by atomic mass is 35.5. The number of sulfonamides is 1. The monoisotopic (exact) mass is 422 g/mol. The van der Waals surface area contributed by atoms with Crippen molar-refractivity contribution >= 4 is 38.9 Å². The molecule has 2 aromatic carbocycles. The van der Waals surface area contributed by atoms with Gasteiger partial charge in [-0.1, -0.05) is 36.7 Å². The van der Waals surface area contributed by atoms with Crippen molar-refractivity contribution in [3.05, 3.63) is 53.1 Å². The van der Waals surface area contributed by atoms with E-state index in [1.54, 1.807) is 24.0 Å². The van der Waals surface area contributed by atoms with Crippen LogP contribution in [0.5, 0.6) is 5.75 Å². The number of hydrogen-bond acceptors (Lipinski definition) is 4. The largest absolute Gasteiger partial charge is 0.495 e. The second kappa shape index (κ2) is 8.01. The quantitative estimate of drug-likeness (QED) is 0.714. The van der Waals surface area contributed by atoms with Crippen LogP contribution in [0.25, 0.3) is 0 Å². The predicted octanol–water partition coefficient (Wildman–Crippen LogP) is 3.48. The fourth-order valence-corrected chi connectivity index (χ4v) is 5.03. The Hall–Kier alpha value is -2.25. The summed E-state index contributed by atoms with van der Waals surface area (Å²) in [6, 6.07) is 11.5. The first-order valence-corrected chi connectivity index (χ1v) is 11.2. The van der Waals surface area contributed by atoms with Crippen molar-refractivity contribution in [3.8, 4) is 5.75 Å². The summed E-state index contributed by atoms with van der Waals surface area (Å²) in [5.41, 5.74) is 2.26. The van der Waals surface area contributed by atoms with Crippen molar-refractivity contribution in [2.45, 2.75) is 25.8 Å². The summed E-state index contributed by atoms with van der Waals surface area (Å²) in [6.45, 7) is 2.34. The van der Waals surface area contributed by atoms with Crippen molar-refractivity contribution in [1.29, 1.82) is 0 Å². The molecule has 0 bridgehead atoms. The second-order valence-corrected chi connectivity index (χ2v) is 8.94. The van der Waals surface area contributed by atoms with Crippen molar-refractivity contribution in [2.75, 3.05) is 29.1 Å². The Bertz CT molecular complexity index is 993. The third-order valence-corrected chi connectivity index (χ3v) is 6.33. The van der Waals surface area contributed by atoms with Crippen LogP contribution in [0.4, 0.5) is 11.4 Å². The highest BCUT2D eigenvalue weighted by Crippen LogP contribution is 2.34. The summed E-state index contributed by atoms with van der Waals surface area (Å²) in [5, 5.41) is 0.280. The summed E-state index contributed by atoms with van der Waals surface area (Å²) < 4.78 is 31.6. The van der Waals surface area contributed by atoms with Gasteiger partial charge in [0.25, 0.3) is 5.91 Å². The molecule has 6 nitrogen and oxygen atoms in total. The third-order valence-electron chi connectivity index (χ3n) is 4.86. The second-order valence-electron chi connectivity index (χ2n) is 6.67. The maximum Gasteiger partial charge on any atom is 0.250 e. The lowest BCUT2D eigenvalue weighted by Gasteiger charge is -2.33. The maximum absolute atomic E-state index is 13.4. The Kier molecular flexibility index (Phi) is 5.86. The van der Waals surface area contributed by atoms with E-state index in [4.69, 9.17) is 16.3 Å². The number of nitrogens with zero attached hydrogens (tertiary/aromatic N) is 2. The van der Waals surface area contributed by atoms with E-state index in [1.807, 2.05) is 24.3 Å². The molecule has 0 aliphatic carbocycles. The first-order valence-electron chi connectivity index (χ1n) is 9.00. The number of para-hydroxylation sites is 1. The molecule has 0 saturated carbocycles. The highest BCUT2D eigenvalue weighted by molar-refractivity contribution is 7.92. The minimum absolute atomic E-state index is 0.246. The topological polar surface area (TPSA) is 66.9 Å². The molecule has 0 fully saturated rings. The number of carbonyl (C=O) groups is 1. The van der Waals surface area contributed by atoms with Crippen LogP contribution in [0.15, 0.2) is 42.5 Å². The van der Waals surface area contributed by atoms with Gasteiger partial charge in [0, 0.05) is 12.2 Å². The zero-order valence-electron chi connectivity index (χ0n) is 16.1. The molecule has 28 heavy (non-hydrogen) atoms. The summed E-state index contributed by atoms with van der Waals surface area (Å²) in [7, 11) is -2.25. The van der Waals surface area contributed by atoms with E-state index >= 15 is 0 Å². The lowest BCUT2D eigenvalue weighted by molar-refractivity contribution is -0.119. The lowest BCUT2D eigenvalue weighted by atomic mass is 10.1. The molecule has 0 N–H and O–H groups in total. The number of methoxy groups -OCH3 is 1. The van der Waals surface area contributed by atoms with E-state index in [2.05, 4.69) is 0 Å². The van der Waals surface area contributed by atoms with Crippen LogP contribution in [0.2, 0.25) is 5.02 Å². The van der Waals surface area contributed by atoms with Gasteiger partial charge in [0.15, 0.2) is 0 Å². The van der Waals surface area contributed by atoms with Crippen LogP contribution in [-0.4, -0.2) is 40.3 Å². The van der Waals surface area contributed by atoms with Crippen LogP contribution in [0.3, 0.4) is 0 Å². The Morgan fingerprint density at radius 1 is 1.29 bits per heavy atom. The Labute approximate surface area is 170 Å². The first kappa shape index (κ1) is 20.5. The lowest BCUT2D eigenvalue weighted by Crippen LogP contribution is -2.50. The number of rotatable bonds is 6. The molecule has 1 heterocycles. The van der Waals surface area contributed by atoms with Gasteiger partial charge >= 0.3 is 0 Å². The number of halogens is 1. The minimum Gasteiger partial charge on any atom is -0.495 e. The van der Waals surface area contributed by atoms with Gasteiger partial charge in [-0.05, 0) is 42.7 Å². The van der Waals surface area contributed by atoms with Gasteiger partial charge in [0.05, 0.1) is 24.1 Å². The van der Waals surface area contributed by atoms with Gasteiger partial charge in [-0.2, -0.15) is 0 Å². The SMILES string of the molecule is CCC(C(=O)N1CCc2ccccc21)N(c1ccc(OC)c(Cl)c1)S(C)(=O)=O. The van der Waals surface area contributed by atoms with E-state index < -0.39 is 16.1 Å². The molecular formula is C20H23ClN2O4S. The Morgan fingerprint density at radius 2 is 2.00 bits per heavy atom. The van der Waals surface area contributed by atoms with E-state index in [0.29, 0.717) is 24.4 Å². The van der Waals surface area contributed by atoms with E-state index in [-0.39, 0.29) is 10.9 Å². The molecule has 0 saturated heterocycles. The van der Waals surface area contributed by atoms with Crippen LogP contribution in [0, 0.1) is 0 Å². The fourth-order valence-electron chi connectivity index (χ4n) is 3.58. The first-order chi connectivity index (χ1) is 13.3. The molecule has 8 heteroatoms. The smallest absolute Gasteiger partial charge is 0.250 e. The third kappa shape index (κ3) is 3.82. The van der Waals surface area contributed by atoms with E-state index in [1.165, 1.54) is 13.2 Å². The van der Waals surface area contributed by atoms with Crippen molar-refractivity contribution in [3.63, 3.8) is 0 Å². The molecule has 0 aromatic heterocycles. The minimum atomic E-state index is -3.73. The number of ether oxygens (including phenoxy) is 1. The van der Waals surface area contributed by atoms with E-state index in [0.717, 1.165) is 28.2 Å². The summed E-state index contributed by atoms with van der Waals surface area (Å²) in [6.07, 6.45) is 2.18. The highest BCUT2D eigenvalue weighted by Gasteiger charge is 2.36. The standard InChI is InChI=1S/C20H23ClN2O4S/c1-4-17(20(24)22-12-11-14-7-5-6-8-18(14)22)23(28(3,25)26)15-9-10-19(27-2)16(21)13-15/h5-10,13,17H,4,11-12H2,1-3H3. The molecule has 1 aliphatic heterocycles. The normalized spacial score (nSPS) is 14.5. The molecule has 0 spiro atoms. The number of fused-ring (bicyclic) bond motifs is 1. The molecule has 1 aliphatic rings. The van der Waals surface area contributed by atoms with Crippen LogP contribution < -0.4 is 13.9 Å². The van der Waals surface area contributed by atoms with Gasteiger partial charge in [-0.3, -0.25) is 9.10 Å². The van der Waals surface area contributed by atoms with E-state index in [9.17, 15) is 13.2 Å². The molecule has 150 valence electrons. The zero-order chi connectivity index (χ0) is 20.5. The average molecular weight is 423 g/mol. The molecule has 0 radical (unpaired) electrons. The zero-order valence-corrected chi connectivity index (χ0v) is 17.6. The van der Waals surface area contributed by atoms with Gasteiger partial charge in [-0.15, -0.1) is 0 Å². The summed E-state index contributed by atoms with van der Waals surface area (Å²) >= 11 is 6.20. The summed E-state index contributed by atoms with van der Waals surface area (Å²) in [4.78, 5) is 15.0. The Balaban J connectivity index is 2.02. The number of benzene rings is 2. The van der Waals surface area contributed by atoms with Crippen LogP contribution in [0.1, 0.15) is 18.9 Å². The van der Waals surface area contributed by atoms with Crippen LogP contribution in [-0.2, 0) is 21.2 Å². The van der Waals surface area contributed by atoms with Gasteiger partial charge < -0.3 is 9.64 Å². The molecular weight excluding hydrogens is 400 g/mol. The van der Waals surface area contributed by atoms with Gasteiger partial charge in [0.2, 0.25) is 10.0 Å². The summed E-state index contributed by atoms with van der Waals surface area (Å²) in [5.74, 6) is 0.191. The van der Waals surface area contributed by atoms with Crippen molar-refractivity contribution < 1.29 is 17.9 Å². The van der Waals surface area contributed by atoms with Crippen molar-refractivity contribution in [1.82, 2.24) is 0 Å². The number of amides is 1. The molecule has 1 amide bonds.